The molecular formula is C21H25NO3. The summed E-state index contributed by atoms with van der Waals surface area (Å²) in [5, 5.41) is 0. The molecular weight excluding hydrogens is 314 g/mol. The average molecular weight is 339 g/mol. The van der Waals surface area contributed by atoms with Crippen molar-refractivity contribution in [3.05, 3.63) is 57.9 Å². The third kappa shape index (κ3) is 3.53. The van der Waals surface area contributed by atoms with Crippen molar-refractivity contribution >= 4 is 11.8 Å². The predicted octanol–water partition coefficient (Wildman–Crippen LogP) is 4.36. The summed E-state index contributed by atoms with van der Waals surface area (Å²) < 4.78 is 5.33. The van der Waals surface area contributed by atoms with Gasteiger partial charge in [-0.1, -0.05) is 43.7 Å². The number of Topliss-reactive ketones (excluding diaryl/α,β-unsaturated/α-hetero) is 1. The Bertz CT molecular complexity index is 799. The fraction of sp³-hybridized carbons (Fsp3) is 0.429. The van der Waals surface area contributed by atoms with Crippen LogP contribution in [0.2, 0.25) is 0 Å². The zero-order chi connectivity index (χ0) is 18.1. The van der Waals surface area contributed by atoms with Gasteiger partial charge in [-0.3, -0.25) is 4.79 Å². The second kappa shape index (κ2) is 6.87. The first-order valence-corrected chi connectivity index (χ1v) is 8.85. The molecule has 1 aliphatic carbocycles. The summed E-state index contributed by atoms with van der Waals surface area (Å²) >= 11 is 0. The molecule has 1 N–H and O–H groups in total. The maximum Gasteiger partial charge on any atom is 0.355 e. The van der Waals surface area contributed by atoms with Crippen molar-refractivity contribution in [3.8, 4) is 0 Å². The third-order valence-corrected chi connectivity index (χ3v) is 4.79. The number of esters is 1. The Morgan fingerprint density at radius 2 is 1.88 bits per heavy atom. The minimum atomic E-state index is -0.375. The summed E-state index contributed by atoms with van der Waals surface area (Å²) in [5.74, 6) is 0.156. The Balaban J connectivity index is 1.86. The molecule has 4 nitrogen and oxygen atoms in total. The van der Waals surface area contributed by atoms with Gasteiger partial charge in [0.15, 0.2) is 5.78 Å². The van der Waals surface area contributed by atoms with Gasteiger partial charge in [-0.2, -0.15) is 0 Å². The maximum atomic E-state index is 12.7. The highest BCUT2D eigenvalue weighted by Crippen LogP contribution is 2.35. The van der Waals surface area contributed by atoms with Crippen LogP contribution in [0.15, 0.2) is 24.3 Å². The number of H-pyrrole nitrogens is 1. The van der Waals surface area contributed by atoms with Crippen LogP contribution in [0.1, 0.15) is 69.4 Å². The van der Waals surface area contributed by atoms with Crippen molar-refractivity contribution in [1.29, 1.82) is 0 Å². The summed E-state index contributed by atoms with van der Waals surface area (Å²) in [6, 6.07) is 8.33. The lowest BCUT2D eigenvalue weighted by Crippen LogP contribution is -2.18. The number of hydrogen-bond donors (Lipinski definition) is 1. The molecule has 4 heteroatoms. The molecule has 0 bridgehead atoms. The van der Waals surface area contributed by atoms with Gasteiger partial charge in [0.25, 0.3) is 0 Å². The van der Waals surface area contributed by atoms with E-state index in [-0.39, 0.29) is 23.6 Å². The zero-order valence-corrected chi connectivity index (χ0v) is 15.3. The van der Waals surface area contributed by atoms with Crippen molar-refractivity contribution in [2.45, 2.75) is 46.5 Å². The molecule has 3 rings (SSSR count). The van der Waals surface area contributed by atoms with Crippen LogP contribution < -0.4 is 0 Å². The number of aryl methyl sites for hydroxylation is 1. The molecule has 2 aromatic rings. The SMILES string of the molecule is Cc1ccc([C@@H]2CC(=O)c3c([nH]c(C(=O)OCC(C)C)c3C)C2)cc1. The summed E-state index contributed by atoms with van der Waals surface area (Å²) in [5.41, 5.74) is 5.05. The van der Waals surface area contributed by atoms with Gasteiger partial charge < -0.3 is 9.72 Å². The highest BCUT2D eigenvalue weighted by Gasteiger charge is 2.32. The van der Waals surface area contributed by atoms with E-state index in [1.54, 1.807) is 0 Å². The van der Waals surface area contributed by atoms with E-state index in [0.29, 0.717) is 24.3 Å². The molecule has 0 saturated carbocycles. The predicted molar refractivity (Wildman–Crippen MR) is 97.2 cm³/mol. The number of carbonyl (C=O) groups excluding carboxylic acids is 2. The molecule has 1 aliphatic rings. The number of nitrogens with one attached hydrogen (secondary N) is 1. The largest absolute Gasteiger partial charge is 0.461 e. The van der Waals surface area contributed by atoms with Gasteiger partial charge in [0.1, 0.15) is 5.69 Å². The molecule has 0 fully saturated rings. The van der Waals surface area contributed by atoms with E-state index in [1.807, 2.05) is 20.8 Å². The number of carbonyl (C=O) groups is 2. The molecule has 25 heavy (non-hydrogen) atoms. The van der Waals surface area contributed by atoms with E-state index in [2.05, 4.69) is 36.2 Å². The van der Waals surface area contributed by atoms with Crippen LogP contribution >= 0.6 is 0 Å². The summed E-state index contributed by atoms with van der Waals surface area (Å²) in [4.78, 5) is 28.2. The monoisotopic (exact) mass is 339 g/mol. The van der Waals surface area contributed by atoms with Crippen molar-refractivity contribution in [2.75, 3.05) is 6.61 Å². The standard InChI is InChI=1S/C21H25NO3/c1-12(2)11-25-21(24)20-14(4)19-17(22-20)9-16(10-18(19)23)15-7-5-13(3)6-8-15/h5-8,12,16,22H,9-11H2,1-4H3/t16-/m0/s1. The number of rotatable bonds is 4. The van der Waals surface area contributed by atoms with Crippen LogP contribution in [-0.4, -0.2) is 23.3 Å². The number of ketones is 1. The van der Waals surface area contributed by atoms with E-state index in [4.69, 9.17) is 4.74 Å². The molecule has 1 heterocycles. The second-order valence-corrected chi connectivity index (χ2v) is 7.41. The normalized spacial score (nSPS) is 16.8. The van der Waals surface area contributed by atoms with E-state index >= 15 is 0 Å². The number of fused-ring (bicyclic) bond motifs is 1. The van der Waals surface area contributed by atoms with Crippen molar-refractivity contribution < 1.29 is 14.3 Å². The second-order valence-electron chi connectivity index (χ2n) is 7.41. The first-order chi connectivity index (χ1) is 11.9. The van der Waals surface area contributed by atoms with Crippen LogP contribution in [0.4, 0.5) is 0 Å². The lowest BCUT2D eigenvalue weighted by atomic mass is 9.81. The van der Waals surface area contributed by atoms with Crippen LogP contribution in [0.5, 0.6) is 0 Å². The molecule has 0 unspecified atom stereocenters. The molecule has 0 saturated heterocycles. The minimum absolute atomic E-state index is 0.100. The lowest BCUT2D eigenvalue weighted by molar-refractivity contribution is 0.0451. The number of aromatic amines is 1. The van der Waals surface area contributed by atoms with E-state index in [9.17, 15) is 9.59 Å². The van der Waals surface area contributed by atoms with Crippen molar-refractivity contribution in [2.24, 2.45) is 5.92 Å². The highest BCUT2D eigenvalue weighted by molar-refractivity contribution is 6.03. The summed E-state index contributed by atoms with van der Waals surface area (Å²) in [6.45, 7) is 8.25. The fourth-order valence-electron chi connectivity index (χ4n) is 3.43. The quantitative estimate of drug-likeness (QED) is 0.842. The summed E-state index contributed by atoms with van der Waals surface area (Å²) in [7, 11) is 0. The summed E-state index contributed by atoms with van der Waals surface area (Å²) in [6.07, 6.45) is 1.22. The smallest absolute Gasteiger partial charge is 0.355 e. The molecule has 0 amide bonds. The Hall–Kier alpha value is -2.36. The third-order valence-electron chi connectivity index (χ3n) is 4.79. The zero-order valence-electron chi connectivity index (χ0n) is 15.3. The lowest BCUT2D eigenvalue weighted by Gasteiger charge is -2.22. The fourth-order valence-corrected chi connectivity index (χ4v) is 3.43. The number of benzene rings is 1. The van der Waals surface area contributed by atoms with E-state index in [0.717, 1.165) is 17.7 Å². The van der Waals surface area contributed by atoms with E-state index < -0.39 is 0 Å². The molecule has 1 aromatic heterocycles. The number of ether oxygens (including phenoxy) is 1. The van der Waals surface area contributed by atoms with Gasteiger partial charge in [0.2, 0.25) is 0 Å². The van der Waals surface area contributed by atoms with E-state index in [1.165, 1.54) is 11.1 Å². The molecule has 1 aromatic carbocycles. The maximum absolute atomic E-state index is 12.7. The molecule has 0 aliphatic heterocycles. The van der Waals surface area contributed by atoms with Crippen LogP contribution in [0.3, 0.4) is 0 Å². The van der Waals surface area contributed by atoms with Gasteiger partial charge in [0.05, 0.1) is 6.61 Å². The molecule has 0 radical (unpaired) electrons. The van der Waals surface area contributed by atoms with Gasteiger partial charge in [-0.05, 0) is 43.2 Å². The Labute approximate surface area is 148 Å². The Morgan fingerprint density at radius 1 is 1.20 bits per heavy atom. The van der Waals surface area contributed by atoms with Crippen LogP contribution in [0.25, 0.3) is 0 Å². The number of aromatic nitrogens is 1. The van der Waals surface area contributed by atoms with Crippen molar-refractivity contribution in [3.63, 3.8) is 0 Å². The minimum Gasteiger partial charge on any atom is -0.461 e. The van der Waals surface area contributed by atoms with Gasteiger partial charge in [-0.25, -0.2) is 4.79 Å². The average Bonchev–Trinajstić information content (AvgIpc) is 2.90. The van der Waals surface area contributed by atoms with Crippen LogP contribution in [0, 0.1) is 19.8 Å². The number of hydrogen-bond acceptors (Lipinski definition) is 3. The molecule has 132 valence electrons. The first kappa shape index (κ1) is 17.5. The van der Waals surface area contributed by atoms with Crippen LogP contribution in [-0.2, 0) is 11.2 Å². The van der Waals surface area contributed by atoms with Gasteiger partial charge in [-0.15, -0.1) is 0 Å². The highest BCUT2D eigenvalue weighted by atomic mass is 16.5. The first-order valence-electron chi connectivity index (χ1n) is 8.85. The Kier molecular flexibility index (Phi) is 4.80. The van der Waals surface area contributed by atoms with Gasteiger partial charge in [0, 0.05) is 17.7 Å². The molecule has 1 atom stereocenters. The topological polar surface area (TPSA) is 59.2 Å². The Morgan fingerprint density at radius 3 is 2.52 bits per heavy atom. The van der Waals surface area contributed by atoms with Crippen molar-refractivity contribution in [1.82, 2.24) is 4.98 Å². The molecule has 0 spiro atoms. The van der Waals surface area contributed by atoms with Gasteiger partial charge >= 0.3 is 5.97 Å².